The number of imidazole rings is 1. The summed E-state index contributed by atoms with van der Waals surface area (Å²) in [4.78, 5) is 25.2. The first-order chi connectivity index (χ1) is 26.8. The lowest BCUT2D eigenvalue weighted by Gasteiger charge is -2.13. The number of rotatable bonds is 5. The van der Waals surface area contributed by atoms with Gasteiger partial charge in [0.2, 0.25) is 5.95 Å². The molecule has 11 aromatic rings. The molecule has 0 N–H and O–H groups in total. The number of benzene rings is 7. The topological polar surface area (TPSA) is 73.8 Å². The van der Waals surface area contributed by atoms with E-state index in [1.54, 1.807) is 0 Å². The van der Waals surface area contributed by atoms with E-state index >= 15 is 0 Å². The maximum atomic E-state index is 5.34. The van der Waals surface area contributed by atoms with E-state index in [9.17, 15) is 0 Å². The standard InChI is InChI=1S/C47H29N7/c1-3-13-31(14-4-1)43-50-44(32-15-5-2-6-16-32)52-45(51-43)33-25-23-30(24-26-33)34-27-28-36-35-17-8-11-21-40(35)53(42(36)29-34)47-49-38-19-9-7-18-37(38)46-48-39-20-10-12-22-41(39)54(46)47/h1-29H. The van der Waals surface area contributed by atoms with E-state index in [4.69, 9.17) is 24.9 Å². The summed E-state index contributed by atoms with van der Waals surface area (Å²) >= 11 is 0. The molecule has 0 saturated carbocycles. The van der Waals surface area contributed by atoms with E-state index in [0.717, 1.165) is 77.8 Å². The first kappa shape index (κ1) is 30.1. The Morgan fingerprint density at radius 3 is 1.50 bits per heavy atom. The lowest BCUT2D eigenvalue weighted by molar-refractivity contribution is 0.979. The van der Waals surface area contributed by atoms with Gasteiger partial charge in [-0.25, -0.2) is 24.9 Å². The summed E-state index contributed by atoms with van der Waals surface area (Å²) in [5.74, 6) is 2.71. The zero-order chi connectivity index (χ0) is 35.6. The molecule has 4 heterocycles. The number of para-hydroxylation sites is 4. The molecule has 11 rings (SSSR count). The van der Waals surface area contributed by atoms with E-state index in [-0.39, 0.29) is 0 Å². The fraction of sp³-hybridized carbons (Fsp3) is 0. The predicted octanol–water partition coefficient (Wildman–Crippen LogP) is 11.0. The van der Waals surface area contributed by atoms with E-state index in [2.05, 4.69) is 106 Å². The maximum absolute atomic E-state index is 5.34. The van der Waals surface area contributed by atoms with Crippen LogP contribution in [-0.2, 0) is 0 Å². The highest BCUT2D eigenvalue weighted by Gasteiger charge is 2.20. The van der Waals surface area contributed by atoms with Crippen molar-refractivity contribution in [3.05, 3.63) is 176 Å². The minimum absolute atomic E-state index is 0.629. The Labute approximate surface area is 309 Å². The first-order valence-corrected chi connectivity index (χ1v) is 17.9. The van der Waals surface area contributed by atoms with E-state index in [0.29, 0.717) is 17.5 Å². The zero-order valence-corrected chi connectivity index (χ0v) is 28.9. The highest BCUT2D eigenvalue weighted by molar-refractivity contribution is 6.10. The molecule has 0 fully saturated rings. The van der Waals surface area contributed by atoms with Crippen molar-refractivity contribution in [3.8, 4) is 51.2 Å². The molecule has 0 amide bonds. The Balaban J connectivity index is 1.08. The van der Waals surface area contributed by atoms with Gasteiger partial charge in [0.15, 0.2) is 17.5 Å². The molecule has 0 spiro atoms. The Kier molecular flexibility index (Phi) is 6.72. The van der Waals surface area contributed by atoms with Gasteiger partial charge in [-0.15, -0.1) is 0 Å². The van der Waals surface area contributed by atoms with Crippen molar-refractivity contribution in [2.75, 3.05) is 0 Å². The van der Waals surface area contributed by atoms with Crippen LogP contribution in [0.1, 0.15) is 0 Å². The highest BCUT2D eigenvalue weighted by Crippen LogP contribution is 2.37. The van der Waals surface area contributed by atoms with Crippen LogP contribution in [0.25, 0.3) is 101 Å². The van der Waals surface area contributed by atoms with Crippen molar-refractivity contribution in [1.29, 1.82) is 0 Å². The second-order valence-electron chi connectivity index (χ2n) is 13.4. The van der Waals surface area contributed by atoms with Crippen LogP contribution in [0, 0.1) is 0 Å². The summed E-state index contributed by atoms with van der Waals surface area (Å²) < 4.78 is 4.49. The zero-order valence-electron chi connectivity index (χ0n) is 28.9. The molecule has 0 saturated heterocycles. The Morgan fingerprint density at radius 1 is 0.315 bits per heavy atom. The van der Waals surface area contributed by atoms with Gasteiger partial charge in [0.25, 0.3) is 0 Å². The average Bonchev–Trinajstić information content (AvgIpc) is 3.80. The fourth-order valence-corrected chi connectivity index (χ4v) is 7.59. The fourth-order valence-electron chi connectivity index (χ4n) is 7.59. The van der Waals surface area contributed by atoms with E-state index in [1.807, 2.05) is 78.9 Å². The molecule has 0 aliphatic heterocycles. The van der Waals surface area contributed by atoms with Crippen molar-refractivity contribution in [2.24, 2.45) is 0 Å². The Bertz CT molecular complexity index is 3140. The van der Waals surface area contributed by atoms with Gasteiger partial charge >= 0.3 is 0 Å². The molecule has 252 valence electrons. The van der Waals surface area contributed by atoms with Gasteiger partial charge in [-0.3, -0.25) is 8.97 Å². The minimum Gasteiger partial charge on any atom is -0.279 e. The molecule has 7 nitrogen and oxygen atoms in total. The molecule has 4 aromatic heterocycles. The molecular formula is C47H29N7. The molecular weight excluding hydrogens is 663 g/mol. The van der Waals surface area contributed by atoms with Crippen LogP contribution in [0.3, 0.4) is 0 Å². The molecule has 0 atom stereocenters. The smallest absolute Gasteiger partial charge is 0.221 e. The van der Waals surface area contributed by atoms with Gasteiger partial charge in [-0.1, -0.05) is 140 Å². The molecule has 0 aliphatic rings. The lowest BCUT2D eigenvalue weighted by atomic mass is 10.0. The van der Waals surface area contributed by atoms with Gasteiger partial charge in [0, 0.05) is 32.8 Å². The monoisotopic (exact) mass is 691 g/mol. The second kappa shape index (κ2) is 12.0. The number of aromatic nitrogens is 7. The molecule has 54 heavy (non-hydrogen) atoms. The molecule has 7 heteroatoms. The third-order valence-corrected chi connectivity index (χ3v) is 10.2. The minimum atomic E-state index is 0.629. The third kappa shape index (κ3) is 4.79. The van der Waals surface area contributed by atoms with Crippen molar-refractivity contribution >= 4 is 49.4 Å². The van der Waals surface area contributed by atoms with Gasteiger partial charge in [-0.05, 0) is 47.5 Å². The Morgan fingerprint density at radius 2 is 0.815 bits per heavy atom. The summed E-state index contributed by atoms with van der Waals surface area (Å²) in [6, 6.07) is 60.4. The Hall–Kier alpha value is -7.51. The van der Waals surface area contributed by atoms with Crippen LogP contribution in [0.5, 0.6) is 0 Å². The van der Waals surface area contributed by atoms with Gasteiger partial charge in [0.05, 0.1) is 27.6 Å². The largest absolute Gasteiger partial charge is 0.279 e. The van der Waals surface area contributed by atoms with Gasteiger partial charge in [0.1, 0.15) is 5.65 Å². The predicted molar refractivity (Wildman–Crippen MR) is 217 cm³/mol. The molecule has 7 aromatic carbocycles. The summed E-state index contributed by atoms with van der Waals surface area (Å²) in [7, 11) is 0. The average molecular weight is 692 g/mol. The van der Waals surface area contributed by atoms with Crippen LogP contribution in [-0.4, -0.2) is 33.9 Å². The molecule has 0 radical (unpaired) electrons. The number of hydrogen-bond donors (Lipinski definition) is 0. The summed E-state index contributed by atoms with van der Waals surface area (Å²) in [6.45, 7) is 0. The summed E-state index contributed by atoms with van der Waals surface area (Å²) in [6.07, 6.45) is 0. The van der Waals surface area contributed by atoms with E-state index in [1.165, 1.54) is 5.39 Å². The number of nitrogens with zero attached hydrogens (tertiary/aromatic N) is 7. The highest BCUT2D eigenvalue weighted by atomic mass is 15.2. The molecule has 0 aliphatic carbocycles. The number of hydrogen-bond acceptors (Lipinski definition) is 5. The van der Waals surface area contributed by atoms with Crippen molar-refractivity contribution in [1.82, 2.24) is 33.9 Å². The lowest BCUT2D eigenvalue weighted by Crippen LogP contribution is -2.06. The quantitative estimate of drug-likeness (QED) is 0.180. The summed E-state index contributed by atoms with van der Waals surface area (Å²) in [5.41, 5.74) is 10.9. The first-order valence-electron chi connectivity index (χ1n) is 17.9. The van der Waals surface area contributed by atoms with Gasteiger partial charge < -0.3 is 0 Å². The van der Waals surface area contributed by atoms with Crippen molar-refractivity contribution in [2.45, 2.75) is 0 Å². The van der Waals surface area contributed by atoms with Crippen LogP contribution in [0.15, 0.2) is 176 Å². The molecule has 0 unspecified atom stereocenters. The van der Waals surface area contributed by atoms with Crippen molar-refractivity contribution < 1.29 is 0 Å². The third-order valence-electron chi connectivity index (χ3n) is 10.2. The SMILES string of the molecule is c1ccc(-c2nc(-c3ccccc3)nc(-c3ccc(-c4ccc5c6ccccc6n(-c6nc7ccccc7c7nc8ccccc8n67)c5c4)cc3)n2)cc1. The second-order valence-corrected chi connectivity index (χ2v) is 13.4. The van der Waals surface area contributed by atoms with Crippen LogP contribution in [0.4, 0.5) is 0 Å². The van der Waals surface area contributed by atoms with Crippen LogP contribution in [0.2, 0.25) is 0 Å². The normalized spacial score (nSPS) is 11.7. The number of fused-ring (bicyclic) bond motifs is 8. The van der Waals surface area contributed by atoms with Crippen molar-refractivity contribution in [3.63, 3.8) is 0 Å². The van der Waals surface area contributed by atoms with Crippen LogP contribution >= 0.6 is 0 Å². The van der Waals surface area contributed by atoms with Crippen LogP contribution < -0.4 is 0 Å². The van der Waals surface area contributed by atoms with E-state index < -0.39 is 0 Å². The van der Waals surface area contributed by atoms with Gasteiger partial charge in [-0.2, -0.15) is 0 Å². The summed E-state index contributed by atoms with van der Waals surface area (Å²) in [5, 5.41) is 3.34. The maximum Gasteiger partial charge on any atom is 0.221 e. The molecule has 0 bridgehead atoms.